The fourth-order valence-electron chi connectivity index (χ4n) is 2.16. The summed E-state index contributed by atoms with van der Waals surface area (Å²) in [6, 6.07) is 1.70. The smallest absolute Gasteiger partial charge is 0.256 e. The van der Waals surface area contributed by atoms with Crippen molar-refractivity contribution >= 4 is 17.5 Å². The number of hydrogen-bond donors (Lipinski definition) is 1. The Balaban J connectivity index is 1.83. The lowest BCUT2D eigenvalue weighted by molar-refractivity contribution is 0.0931. The highest BCUT2D eigenvalue weighted by Crippen LogP contribution is 2.16. The Hall–Kier alpha value is -1.00. The number of carbonyl (C=O) groups is 1. The minimum absolute atomic E-state index is 0.117. The van der Waals surface area contributed by atoms with Gasteiger partial charge in [0.1, 0.15) is 0 Å². The molecule has 1 amide bonds. The van der Waals surface area contributed by atoms with E-state index in [0.717, 1.165) is 19.6 Å². The Kier molecular flexibility index (Phi) is 4.07. The monoisotopic (exact) mass is 256 g/mol. The van der Waals surface area contributed by atoms with Gasteiger partial charge in [0.25, 0.3) is 5.91 Å². The average molecular weight is 257 g/mol. The molecule has 0 aromatic carbocycles. The van der Waals surface area contributed by atoms with E-state index in [2.05, 4.69) is 10.2 Å². The molecule has 1 saturated heterocycles. The largest absolute Gasteiger partial charge is 0.452 e. The van der Waals surface area contributed by atoms with Gasteiger partial charge in [-0.25, -0.2) is 0 Å². The van der Waals surface area contributed by atoms with E-state index in [4.69, 9.17) is 16.0 Å². The summed E-state index contributed by atoms with van der Waals surface area (Å²) in [6.45, 7) is 5.16. The van der Waals surface area contributed by atoms with Crippen LogP contribution in [0, 0.1) is 0 Å². The van der Waals surface area contributed by atoms with Crippen LogP contribution in [0.3, 0.4) is 0 Å². The van der Waals surface area contributed by atoms with E-state index in [1.807, 2.05) is 6.92 Å². The van der Waals surface area contributed by atoms with Crippen LogP contribution >= 0.6 is 11.6 Å². The van der Waals surface area contributed by atoms with Crippen molar-refractivity contribution in [1.29, 1.82) is 0 Å². The molecule has 0 radical (unpaired) electrons. The third-order valence-corrected chi connectivity index (χ3v) is 3.26. The van der Waals surface area contributed by atoms with Gasteiger partial charge >= 0.3 is 0 Å². The van der Waals surface area contributed by atoms with Crippen LogP contribution in [-0.2, 0) is 0 Å². The van der Waals surface area contributed by atoms with Gasteiger partial charge in [-0.3, -0.25) is 4.79 Å². The molecule has 1 fully saturated rings. The van der Waals surface area contributed by atoms with E-state index < -0.39 is 0 Å². The van der Waals surface area contributed by atoms with Crippen LogP contribution < -0.4 is 5.32 Å². The summed E-state index contributed by atoms with van der Waals surface area (Å²) in [7, 11) is 0. The number of likely N-dealkylation sites (tertiary alicyclic amines) is 1. The van der Waals surface area contributed by atoms with Crippen LogP contribution in [0.25, 0.3) is 0 Å². The Morgan fingerprint density at radius 2 is 2.29 bits per heavy atom. The predicted molar refractivity (Wildman–Crippen MR) is 66.3 cm³/mol. The van der Waals surface area contributed by atoms with Crippen molar-refractivity contribution in [2.75, 3.05) is 19.6 Å². The van der Waals surface area contributed by atoms with Crippen molar-refractivity contribution in [2.24, 2.45) is 0 Å². The summed E-state index contributed by atoms with van der Waals surface area (Å²) in [5.41, 5.74) is 0.403. The van der Waals surface area contributed by atoms with Crippen LogP contribution in [-0.4, -0.2) is 36.5 Å². The zero-order valence-corrected chi connectivity index (χ0v) is 10.7. The van der Waals surface area contributed by atoms with Gasteiger partial charge in [-0.15, -0.1) is 0 Å². The second-order valence-corrected chi connectivity index (χ2v) is 4.83. The topological polar surface area (TPSA) is 45.5 Å². The molecule has 1 aliphatic heterocycles. The third kappa shape index (κ3) is 3.23. The minimum Gasteiger partial charge on any atom is -0.452 e. The van der Waals surface area contributed by atoms with Crippen molar-refractivity contribution in [3.05, 3.63) is 23.1 Å². The maximum atomic E-state index is 11.8. The standard InChI is InChI=1S/C12H17ClN2O2/c1-9(8-15-5-2-3-6-15)14-12(16)10-4-7-17-11(10)13/h4,7,9H,2-3,5-6,8H2,1H3,(H,14,16). The second-order valence-electron chi connectivity index (χ2n) is 4.49. The van der Waals surface area contributed by atoms with Crippen molar-refractivity contribution in [1.82, 2.24) is 10.2 Å². The summed E-state index contributed by atoms with van der Waals surface area (Å²) in [6.07, 6.45) is 3.94. The Labute approximate surface area is 106 Å². The van der Waals surface area contributed by atoms with Gasteiger partial charge in [-0.05, 0) is 50.5 Å². The zero-order valence-electron chi connectivity index (χ0n) is 9.91. The van der Waals surface area contributed by atoms with E-state index in [9.17, 15) is 4.79 Å². The third-order valence-electron chi connectivity index (χ3n) is 2.97. The molecule has 1 N–H and O–H groups in total. The maximum Gasteiger partial charge on any atom is 0.256 e. The molecule has 4 nitrogen and oxygen atoms in total. The van der Waals surface area contributed by atoms with Gasteiger partial charge in [0.2, 0.25) is 5.22 Å². The molecule has 1 atom stereocenters. The fraction of sp³-hybridized carbons (Fsp3) is 0.583. The summed E-state index contributed by atoms with van der Waals surface area (Å²) < 4.78 is 4.89. The molecule has 2 heterocycles. The molecular formula is C12H17ClN2O2. The lowest BCUT2D eigenvalue weighted by atomic mass is 10.2. The predicted octanol–water partition coefficient (Wildman–Crippen LogP) is 2.15. The summed E-state index contributed by atoms with van der Waals surface area (Å²) in [5.74, 6) is -0.171. The van der Waals surface area contributed by atoms with E-state index in [1.54, 1.807) is 6.07 Å². The lowest BCUT2D eigenvalue weighted by Crippen LogP contribution is -2.41. The number of nitrogens with zero attached hydrogens (tertiary/aromatic N) is 1. The molecule has 1 aliphatic rings. The summed E-state index contributed by atoms with van der Waals surface area (Å²) >= 11 is 5.75. The molecule has 94 valence electrons. The molecule has 0 saturated carbocycles. The lowest BCUT2D eigenvalue weighted by Gasteiger charge is -2.20. The summed E-state index contributed by atoms with van der Waals surface area (Å²) in [5, 5.41) is 3.07. The summed E-state index contributed by atoms with van der Waals surface area (Å²) in [4.78, 5) is 14.2. The molecule has 0 aliphatic carbocycles. The first-order valence-electron chi connectivity index (χ1n) is 5.93. The molecule has 17 heavy (non-hydrogen) atoms. The molecule has 2 rings (SSSR count). The van der Waals surface area contributed by atoms with Crippen LogP contribution in [0.4, 0.5) is 0 Å². The van der Waals surface area contributed by atoms with Gasteiger partial charge in [0.05, 0.1) is 11.8 Å². The number of amides is 1. The molecule has 1 unspecified atom stereocenters. The van der Waals surface area contributed by atoms with Gasteiger partial charge < -0.3 is 14.6 Å². The second kappa shape index (κ2) is 5.56. The highest BCUT2D eigenvalue weighted by molar-refractivity contribution is 6.32. The van der Waals surface area contributed by atoms with E-state index in [0.29, 0.717) is 5.56 Å². The molecule has 1 aromatic rings. The maximum absolute atomic E-state index is 11.8. The average Bonchev–Trinajstić information content (AvgIpc) is 2.88. The first kappa shape index (κ1) is 12.5. The normalized spacial score (nSPS) is 18.2. The van der Waals surface area contributed by atoms with Crippen molar-refractivity contribution < 1.29 is 9.21 Å². The van der Waals surface area contributed by atoms with Gasteiger partial charge in [0.15, 0.2) is 0 Å². The van der Waals surface area contributed by atoms with Gasteiger partial charge in [-0.2, -0.15) is 0 Å². The Morgan fingerprint density at radius 1 is 1.59 bits per heavy atom. The van der Waals surface area contributed by atoms with E-state index >= 15 is 0 Å². The van der Waals surface area contributed by atoms with Crippen LogP contribution in [0.15, 0.2) is 16.7 Å². The molecule has 5 heteroatoms. The molecule has 1 aromatic heterocycles. The highest BCUT2D eigenvalue weighted by atomic mass is 35.5. The van der Waals surface area contributed by atoms with Gasteiger partial charge in [-0.1, -0.05) is 0 Å². The van der Waals surface area contributed by atoms with Crippen LogP contribution in [0.5, 0.6) is 0 Å². The van der Waals surface area contributed by atoms with Crippen molar-refractivity contribution in [3.8, 4) is 0 Å². The zero-order chi connectivity index (χ0) is 12.3. The highest BCUT2D eigenvalue weighted by Gasteiger charge is 2.18. The minimum atomic E-state index is -0.171. The van der Waals surface area contributed by atoms with Crippen molar-refractivity contribution in [3.63, 3.8) is 0 Å². The Bertz CT molecular complexity index is 386. The number of hydrogen-bond acceptors (Lipinski definition) is 3. The van der Waals surface area contributed by atoms with Crippen LogP contribution in [0.1, 0.15) is 30.1 Å². The molecule has 0 spiro atoms. The first-order chi connectivity index (χ1) is 8.16. The quantitative estimate of drug-likeness (QED) is 0.898. The number of nitrogens with one attached hydrogen (secondary N) is 1. The number of halogens is 1. The SMILES string of the molecule is CC(CN1CCCC1)NC(=O)c1ccoc1Cl. The Morgan fingerprint density at radius 3 is 2.88 bits per heavy atom. The number of furan rings is 1. The van der Waals surface area contributed by atoms with Crippen LogP contribution in [0.2, 0.25) is 5.22 Å². The van der Waals surface area contributed by atoms with Gasteiger partial charge in [0, 0.05) is 12.6 Å². The number of rotatable bonds is 4. The first-order valence-corrected chi connectivity index (χ1v) is 6.31. The molecule has 0 bridgehead atoms. The van der Waals surface area contributed by atoms with Crippen molar-refractivity contribution in [2.45, 2.75) is 25.8 Å². The number of carbonyl (C=O) groups excluding carboxylic acids is 1. The molecular weight excluding hydrogens is 240 g/mol. The van der Waals surface area contributed by atoms with E-state index in [1.165, 1.54) is 19.1 Å². The fourth-order valence-corrected chi connectivity index (χ4v) is 2.36. The van der Waals surface area contributed by atoms with E-state index in [-0.39, 0.29) is 17.2 Å².